The van der Waals surface area contributed by atoms with E-state index in [0.717, 1.165) is 0 Å². The predicted molar refractivity (Wildman–Crippen MR) is 8.05 cm³/mol. The van der Waals surface area contributed by atoms with Crippen molar-refractivity contribution in [3.63, 3.8) is 0 Å². The third-order valence-corrected chi connectivity index (χ3v) is 0. The number of hydrogen-bond acceptors (Lipinski definition) is 1. The molecule has 0 rings (SSSR count). The Morgan fingerprint density at radius 2 is 1.75 bits per heavy atom. The van der Waals surface area contributed by atoms with Crippen molar-refractivity contribution < 1.29 is 44.6 Å². The summed E-state index contributed by atoms with van der Waals surface area (Å²) in [6, 6.07) is 0. The fourth-order valence-electron chi connectivity index (χ4n) is 0. The molecule has 0 aliphatic carbocycles. The topological polar surface area (TPSA) is 9.23 Å². The van der Waals surface area contributed by atoms with E-state index in [1.54, 1.807) is 0 Å². The van der Waals surface area contributed by atoms with Gasteiger partial charge in [0.1, 0.15) is 11.9 Å². The molecular formula is ClFLaO. The van der Waals surface area contributed by atoms with E-state index < -0.39 is 0 Å². The van der Waals surface area contributed by atoms with Crippen LogP contribution < -0.4 is 0 Å². The average molecular weight is 209 g/mol. The minimum atomic E-state index is 0. The molecule has 0 spiro atoms. The molecule has 1 radical (unpaired) electrons. The molecule has 0 aromatic heterocycles. The minimum absolute atomic E-state index is 0. The fourth-order valence-corrected chi connectivity index (χ4v) is 0. The Morgan fingerprint density at radius 3 is 1.75 bits per heavy atom. The molecule has 0 aliphatic rings. The summed E-state index contributed by atoms with van der Waals surface area (Å²) < 4.78 is 11.8. The molecule has 0 aromatic rings. The fraction of sp³-hybridized carbons (Fsp3) is 0. The molecular weight excluding hydrogens is 209 g/mol. The van der Waals surface area contributed by atoms with E-state index in [9.17, 15) is 4.53 Å². The molecule has 0 aromatic carbocycles. The molecule has 0 heterocycles. The van der Waals surface area contributed by atoms with E-state index in [1.807, 2.05) is 0 Å². The minimum Gasteiger partial charge on any atom is -0.0769 e. The Bertz CT molecular complexity index is 8.00. The molecule has 23 valence electrons. The van der Waals surface area contributed by atoms with Crippen LogP contribution >= 0.6 is 11.9 Å². The third-order valence-electron chi connectivity index (χ3n) is 0. The quantitative estimate of drug-likeness (QED) is 0.579. The maximum absolute atomic E-state index is 9.56. The Hall–Kier alpha value is 1.37. The molecule has 4 heavy (non-hydrogen) atoms. The summed E-state index contributed by atoms with van der Waals surface area (Å²) in [7, 11) is 0. The molecule has 0 atom stereocenters. The molecule has 0 saturated carbocycles. The van der Waals surface area contributed by atoms with Crippen molar-refractivity contribution in [3.05, 3.63) is 0 Å². The van der Waals surface area contributed by atoms with E-state index in [-0.39, 0.29) is 35.6 Å². The smallest absolute Gasteiger partial charge is 0.0769 e. The van der Waals surface area contributed by atoms with Crippen LogP contribution in [0.3, 0.4) is 0 Å². The zero-order valence-electron chi connectivity index (χ0n) is 1.74. The first-order valence-electron chi connectivity index (χ1n) is 0.309. The molecule has 0 saturated heterocycles. The van der Waals surface area contributed by atoms with E-state index in [0.29, 0.717) is 0 Å². The summed E-state index contributed by atoms with van der Waals surface area (Å²) in [5.41, 5.74) is 0. The van der Waals surface area contributed by atoms with Crippen LogP contribution in [0.2, 0.25) is 0 Å². The van der Waals surface area contributed by atoms with Gasteiger partial charge in [-0.1, -0.05) is 4.49 Å². The second-order valence-corrected chi connectivity index (χ2v) is 0.175. The van der Waals surface area contributed by atoms with Gasteiger partial charge in [0.25, 0.3) is 0 Å². The maximum atomic E-state index is 9.56. The second kappa shape index (κ2) is 8.83. The number of halogens is 2. The summed E-state index contributed by atoms with van der Waals surface area (Å²) in [4.78, 5) is 0. The normalized spacial score (nSPS) is 4.50. The van der Waals surface area contributed by atoms with Crippen molar-refractivity contribution in [3.8, 4) is 0 Å². The van der Waals surface area contributed by atoms with E-state index in [2.05, 4.69) is 16.4 Å². The van der Waals surface area contributed by atoms with Crippen molar-refractivity contribution in [1.82, 2.24) is 0 Å². The first-order chi connectivity index (χ1) is 1.41. The summed E-state index contributed by atoms with van der Waals surface area (Å²) in [6.45, 7) is 0. The van der Waals surface area contributed by atoms with Crippen molar-refractivity contribution >= 4 is 11.9 Å². The summed E-state index contributed by atoms with van der Waals surface area (Å²) in [5, 5.41) is 0. The van der Waals surface area contributed by atoms with Crippen LogP contribution in [0.1, 0.15) is 0 Å². The first kappa shape index (κ1) is 9.03. The largest absolute Gasteiger partial charge is 0.106 e. The second-order valence-electron chi connectivity index (χ2n) is 0.0583. The summed E-state index contributed by atoms with van der Waals surface area (Å²) in [5.74, 6) is 0. The average Bonchev–Trinajstić information content (AvgIpc) is 0.918. The van der Waals surface area contributed by atoms with Gasteiger partial charge in [-0.15, -0.1) is 0 Å². The van der Waals surface area contributed by atoms with Gasteiger partial charge in [0.05, 0.1) is 0 Å². The van der Waals surface area contributed by atoms with E-state index >= 15 is 0 Å². The summed E-state index contributed by atoms with van der Waals surface area (Å²) >= 11 is 3.83. The van der Waals surface area contributed by atoms with Gasteiger partial charge >= 0.3 is 0 Å². The van der Waals surface area contributed by atoms with Crippen molar-refractivity contribution in [2.24, 2.45) is 0 Å². The van der Waals surface area contributed by atoms with Crippen molar-refractivity contribution in [2.75, 3.05) is 0 Å². The Balaban J connectivity index is 0. The van der Waals surface area contributed by atoms with E-state index in [1.165, 1.54) is 0 Å². The number of hydrogen-bond donors (Lipinski definition) is 0. The molecule has 0 N–H and O–H groups in total. The Kier molecular flexibility index (Phi) is 19.9. The van der Waals surface area contributed by atoms with Gasteiger partial charge in [0.2, 0.25) is 0 Å². The zero-order valence-corrected chi connectivity index (χ0v) is 6.12. The predicted octanol–water partition coefficient (Wildman–Crippen LogP) is 1.04. The van der Waals surface area contributed by atoms with Crippen LogP contribution in [-0.2, 0) is 4.49 Å². The standard InChI is InChI=1S/ClFO.La/c1-3-2;. The molecule has 0 amide bonds. The molecule has 4 heteroatoms. The molecule has 0 aliphatic heterocycles. The van der Waals surface area contributed by atoms with E-state index in [4.69, 9.17) is 0 Å². The Morgan fingerprint density at radius 1 is 1.75 bits per heavy atom. The number of rotatable bonds is 0. The van der Waals surface area contributed by atoms with Crippen LogP contribution in [0.5, 0.6) is 0 Å². The first-order valence-corrected chi connectivity index (χ1v) is 0.617. The van der Waals surface area contributed by atoms with Gasteiger partial charge in [0.15, 0.2) is 0 Å². The van der Waals surface area contributed by atoms with Gasteiger partial charge in [-0.25, -0.2) is 0 Å². The molecule has 1 nitrogen and oxygen atoms in total. The van der Waals surface area contributed by atoms with Gasteiger partial charge in [0, 0.05) is 35.6 Å². The van der Waals surface area contributed by atoms with Gasteiger partial charge in [-0.3, -0.25) is 0 Å². The van der Waals surface area contributed by atoms with Crippen LogP contribution in [0.25, 0.3) is 0 Å². The third kappa shape index (κ3) is 10.1. The van der Waals surface area contributed by atoms with Crippen LogP contribution in [0.4, 0.5) is 4.53 Å². The maximum Gasteiger partial charge on any atom is 0.106 e. The van der Waals surface area contributed by atoms with Crippen molar-refractivity contribution in [1.29, 1.82) is 0 Å². The molecule has 0 unspecified atom stereocenters. The molecule has 0 fully saturated rings. The van der Waals surface area contributed by atoms with Crippen molar-refractivity contribution in [2.45, 2.75) is 0 Å². The van der Waals surface area contributed by atoms with Crippen LogP contribution in [-0.4, -0.2) is 0 Å². The summed E-state index contributed by atoms with van der Waals surface area (Å²) in [6.07, 6.45) is 0. The van der Waals surface area contributed by atoms with Gasteiger partial charge in [-0.2, -0.15) is 0 Å². The van der Waals surface area contributed by atoms with Gasteiger partial charge < -0.3 is 0 Å². The zero-order chi connectivity index (χ0) is 2.71. The van der Waals surface area contributed by atoms with Gasteiger partial charge in [-0.05, 0) is 4.53 Å². The van der Waals surface area contributed by atoms with Crippen LogP contribution in [0, 0.1) is 35.6 Å². The Labute approximate surface area is 56.1 Å². The monoisotopic (exact) mass is 209 g/mol. The SMILES string of the molecule is FOCl.[La]. The van der Waals surface area contributed by atoms with Crippen LogP contribution in [0.15, 0.2) is 0 Å². The molecule has 0 bridgehead atoms.